The predicted octanol–water partition coefficient (Wildman–Crippen LogP) is 2.51. The van der Waals surface area contributed by atoms with E-state index in [-0.39, 0.29) is 17.6 Å². The van der Waals surface area contributed by atoms with E-state index in [9.17, 15) is 14.0 Å². The van der Waals surface area contributed by atoms with Crippen LogP contribution < -0.4 is 5.32 Å². The molecule has 1 aliphatic heterocycles. The number of benzene rings is 1. The molecule has 0 radical (unpaired) electrons. The summed E-state index contributed by atoms with van der Waals surface area (Å²) < 4.78 is 14.2. The van der Waals surface area contributed by atoms with E-state index < -0.39 is 12.0 Å². The van der Waals surface area contributed by atoms with Gasteiger partial charge in [0, 0.05) is 25.6 Å². The summed E-state index contributed by atoms with van der Waals surface area (Å²) >= 11 is 0. The van der Waals surface area contributed by atoms with Crippen LogP contribution in [0.25, 0.3) is 0 Å². The van der Waals surface area contributed by atoms with Crippen molar-refractivity contribution in [2.24, 2.45) is 11.8 Å². The lowest BCUT2D eigenvalue weighted by Crippen LogP contribution is -2.47. The van der Waals surface area contributed by atoms with Crippen molar-refractivity contribution in [2.45, 2.75) is 32.7 Å². The molecule has 1 heterocycles. The Balaban J connectivity index is 2.28. The van der Waals surface area contributed by atoms with Crippen LogP contribution in [0.15, 0.2) is 24.3 Å². The molecule has 0 spiro atoms. The van der Waals surface area contributed by atoms with Crippen LogP contribution in [0.2, 0.25) is 0 Å². The lowest BCUT2D eigenvalue weighted by Gasteiger charge is -2.38. The second kappa shape index (κ2) is 6.90. The molecule has 4 nitrogen and oxygen atoms in total. The molecule has 1 saturated heterocycles. The molecule has 5 heteroatoms. The highest BCUT2D eigenvalue weighted by Crippen LogP contribution is 2.36. The molecule has 2 atom stereocenters. The number of halogens is 1. The Kier molecular flexibility index (Phi) is 5.16. The lowest BCUT2D eigenvalue weighted by molar-refractivity contribution is -0.141. The number of carbonyl (C=O) groups excluding carboxylic acids is 2. The minimum atomic E-state index is -0.547. The summed E-state index contributed by atoms with van der Waals surface area (Å²) in [6.07, 6.45) is 0.771. The summed E-state index contributed by atoms with van der Waals surface area (Å²) in [6.45, 7) is 4.62. The Labute approximate surface area is 130 Å². The molecule has 1 aliphatic rings. The van der Waals surface area contributed by atoms with Crippen LogP contribution in [0.4, 0.5) is 4.39 Å². The number of piperidine rings is 1. The van der Waals surface area contributed by atoms with Crippen molar-refractivity contribution < 1.29 is 14.0 Å². The Bertz CT molecular complexity index is 559. The van der Waals surface area contributed by atoms with Gasteiger partial charge in [-0.1, -0.05) is 32.0 Å². The number of hydrogen-bond acceptors (Lipinski definition) is 2. The van der Waals surface area contributed by atoms with Crippen molar-refractivity contribution in [3.8, 4) is 0 Å². The molecule has 2 rings (SSSR count). The first kappa shape index (κ1) is 16.5. The second-order valence-electron chi connectivity index (χ2n) is 6.26. The average Bonchev–Trinajstić information content (AvgIpc) is 2.48. The van der Waals surface area contributed by atoms with Crippen LogP contribution in [0, 0.1) is 17.7 Å². The van der Waals surface area contributed by atoms with E-state index in [2.05, 4.69) is 5.32 Å². The van der Waals surface area contributed by atoms with Gasteiger partial charge in [0.2, 0.25) is 11.8 Å². The van der Waals surface area contributed by atoms with Gasteiger partial charge in [-0.3, -0.25) is 9.59 Å². The maximum atomic E-state index is 14.2. The quantitative estimate of drug-likeness (QED) is 0.929. The summed E-state index contributed by atoms with van der Waals surface area (Å²) in [5.41, 5.74) is 0.405. The maximum absolute atomic E-state index is 14.2. The van der Waals surface area contributed by atoms with Gasteiger partial charge < -0.3 is 10.2 Å². The third-order valence-corrected chi connectivity index (χ3v) is 4.11. The van der Waals surface area contributed by atoms with Crippen molar-refractivity contribution in [1.29, 1.82) is 0 Å². The molecule has 1 aromatic rings. The molecule has 22 heavy (non-hydrogen) atoms. The largest absolute Gasteiger partial charge is 0.356 e. The maximum Gasteiger partial charge on any atom is 0.225 e. The van der Waals surface area contributed by atoms with Gasteiger partial charge in [-0.25, -0.2) is 4.39 Å². The first-order valence-electron chi connectivity index (χ1n) is 7.69. The monoisotopic (exact) mass is 306 g/mol. The summed E-state index contributed by atoms with van der Waals surface area (Å²) in [4.78, 5) is 26.0. The first-order valence-corrected chi connectivity index (χ1v) is 7.69. The Hall–Kier alpha value is -1.91. The fourth-order valence-corrected chi connectivity index (χ4v) is 2.89. The number of likely N-dealkylation sites (tertiary alicyclic amines) is 1. The van der Waals surface area contributed by atoms with E-state index >= 15 is 0 Å². The van der Waals surface area contributed by atoms with Gasteiger partial charge in [-0.15, -0.1) is 0 Å². The summed E-state index contributed by atoms with van der Waals surface area (Å²) in [6, 6.07) is 5.81. The molecule has 1 N–H and O–H groups in total. The number of nitrogens with zero attached hydrogens (tertiary/aromatic N) is 1. The number of amides is 2. The number of carbonyl (C=O) groups is 2. The molecule has 2 unspecified atom stereocenters. The highest BCUT2D eigenvalue weighted by Gasteiger charge is 2.39. The van der Waals surface area contributed by atoms with Gasteiger partial charge in [0.1, 0.15) is 5.82 Å². The van der Waals surface area contributed by atoms with Gasteiger partial charge in [0.05, 0.1) is 12.0 Å². The number of rotatable bonds is 4. The average molecular weight is 306 g/mol. The summed E-state index contributed by atoms with van der Waals surface area (Å²) in [5.74, 6) is -0.615. The zero-order valence-electron chi connectivity index (χ0n) is 13.3. The standard InChI is InChI=1S/C17H23FN2O2/c1-11(2)10-19-17(22)13-8-9-15(21)20(3)16(13)12-6-4-5-7-14(12)18/h4-7,11,13,16H,8-10H2,1-3H3,(H,19,22). The van der Waals surface area contributed by atoms with E-state index in [1.807, 2.05) is 13.8 Å². The summed E-state index contributed by atoms with van der Waals surface area (Å²) in [7, 11) is 1.64. The van der Waals surface area contributed by atoms with Crippen molar-refractivity contribution in [1.82, 2.24) is 10.2 Å². The van der Waals surface area contributed by atoms with Crippen LogP contribution in [0.5, 0.6) is 0 Å². The highest BCUT2D eigenvalue weighted by atomic mass is 19.1. The smallest absolute Gasteiger partial charge is 0.225 e. The van der Waals surface area contributed by atoms with Gasteiger partial charge in [-0.2, -0.15) is 0 Å². The third-order valence-electron chi connectivity index (χ3n) is 4.11. The van der Waals surface area contributed by atoms with Crippen LogP contribution in [0.1, 0.15) is 38.3 Å². The van der Waals surface area contributed by atoms with E-state index in [0.717, 1.165) is 0 Å². The molecule has 2 amide bonds. The molecule has 120 valence electrons. The van der Waals surface area contributed by atoms with Crippen molar-refractivity contribution >= 4 is 11.8 Å². The highest BCUT2D eigenvalue weighted by molar-refractivity contribution is 5.84. The van der Waals surface area contributed by atoms with Crippen molar-refractivity contribution in [3.05, 3.63) is 35.6 Å². The molecule has 0 saturated carbocycles. The molecule has 1 aromatic carbocycles. The summed E-state index contributed by atoms with van der Waals surface area (Å²) in [5, 5.41) is 2.91. The van der Waals surface area contributed by atoms with Crippen LogP contribution >= 0.6 is 0 Å². The zero-order chi connectivity index (χ0) is 16.3. The normalized spacial score (nSPS) is 22.0. The van der Waals surface area contributed by atoms with E-state index in [0.29, 0.717) is 30.9 Å². The minimum absolute atomic E-state index is 0.0545. The lowest BCUT2D eigenvalue weighted by atomic mass is 9.83. The SMILES string of the molecule is CC(C)CNC(=O)C1CCC(=O)N(C)C1c1ccccc1F. The fraction of sp³-hybridized carbons (Fsp3) is 0.529. The first-order chi connectivity index (χ1) is 10.4. The van der Waals surface area contributed by atoms with Crippen LogP contribution in [-0.4, -0.2) is 30.3 Å². The molecular weight excluding hydrogens is 283 g/mol. The van der Waals surface area contributed by atoms with Gasteiger partial charge in [0.25, 0.3) is 0 Å². The molecule has 0 bridgehead atoms. The van der Waals surface area contributed by atoms with Crippen molar-refractivity contribution in [3.63, 3.8) is 0 Å². The minimum Gasteiger partial charge on any atom is -0.356 e. The van der Waals surface area contributed by atoms with Gasteiger partial charge in [-0.05, 0) is 18.4 Å². The van der Waals surface area contributed by atoms with E-state index in [1.54, 1.807) is 25.2 Å². The molecule has 0 aromatic heterocycles. The number of nitrogens with one attached hydrogen (secondary N) is 1. The Morgan fingerprint density at radius 1 is 1.41 bits per heavy atom. The third kappa shape index (κ3) is 3.46. The Morgan fingerprint density at radius 2 is 2.09 bits per heavy atom. The van der Waals surface area contributed by atoms with Gasteiger partial charge in [0.15, 0.2) is 0 Å². The molecule has 1 fully saturated rings. The fourth-order valence-electron chi connectivity index (χ4n) is 2.89. The van der Waals surface area contributed by atoms with Crippen molar-refractivity contribution in [2.75, 3.05) is 13.6 Å². The molecular formula is C17H23FN2O2. The van der Waals surface area contributed by atoms with Crippen LogP contribution in [-0.2, 0) is 9.59 Å². The molecule has 0 aliphatic carbocycles. The Morgan fingerprint density at radius 3 is 2.73 bits per heavy atom. The van der Waals surface area contributed by atoms with E-state index in [1.165, 1.54) is 11.0 Å². The number of hydrogen-bond donors (Lipinski definition) is 1. The van der Waals surface area contributed by atoms with Gasteiger partial charge >= 0.3 is 0 Å². The predicted molar refractivity (Wildman–Crippen MR) is 82.5 cm³/mol. The zero-order valence-corrected chi connectivity index (χ0v) is 13.3. The van der Waals surface area contributed by atoms with E-state index in [4.69, 9.17) is 0 Å². The second-order valence-corrected chi connectivity index (χ2v) is 6.26. The van der Waals surface area contributed by atoms with Crippen LogP contribution in [0.3, 0.4) is 0 Å². The topological polar surface area (TPSA) is 49.4 Å².